The van der Waals surface area contributed by atoms with Gasteiger partial charge in [0.2, 0.25) is 10.0 Å². The summed E-state index contributed by atoms with van der Waals surface area (Å²) in [6.45, 7) is 4.55. The van der Waals surface area contributed by atoms with Crippen molar-refractivity contribution >= 4 is 15.7 Å². The molecule has 3 rings (SSSR count). The predicted octanol–water partition coefficient (Wildman–Crippen LogP) is 2.49. The minimum atomic E-state index is -3.66. The minimum Gasteiger partial charge on any atom is -0.369 e. The van der Waals surface area contributed by atoms with Crippen LogP contribution in [0.2, 0.25) is 0 Å². The SMILES string of the molecule is CN1CCN(c2ccc(CCCNS(=O)(=O)c3cccc(F)c3)cc2)CC1. The molecule has 1 aliphatic rings. The number of hydrogen-bond acceptors (Lipinski definition) is 4. The molecule has 0 atom stereocenters. The van der Waals surface area contributed by atoms with Crippen molar-refractivity contribution in [2.24, 2.45) is 0 Å². The number of piperazine rings is 1. The summed E-state index contributed by atoms with van der Waals surface area (Å²) in [4.78, 5) is 4.67. The van der Waals surface area contributed by atoms with Crippen LogP contribution in [-0.4, -0.2) is 53.1 Å². The molecule has 0 unspecified atom stereocenters. The fourth-order valence-corrected chi connectivity index (χ4v) is 4.26. The maximum Gasteiger partial charge on any atom is 0.240 e. The molecule has 2 aromatic rings. The van der Waals surface area contributed by atoms with Crippen LogP contribution in [0, 0.1) is 5.82 Å². The number of likely N-dealkylation sites (N-methyl/N-ethyl adjacent to an activating group) is 1. The summed E-state index contributed by atoms with van der Waals surface area (Å²) in [6.07, 6.45) is 1.47. The van der Waals surface area contributed by atoms with Gasteiger partial charge in [0, 0.05) is 38.4 Å². The minimum absolute atomic E-state index is 0.0426. The smallest absolute Gasteiger partial charge is 0.240 e. The van der Waals surface area contributed by atoms with Crippen LogP contribution in [0.25, 0.3) is 0 Å². The van der Waals surface area contributed by atoms with Gasteiger partial charge >= 0.3 is 0 Å². The van der Waals surface area contributed by atoms with Gasteiger partial charge in [-0.3, -0.25) is 0 Å². The van der Waals surface area contributed by atoms with E-state index in [2.05, 4.69) is 45.8 Å². The number of halogens is 1. The normalized spacial score (nSPS) is 15.9. The highest BCUT2D eigenvalue weighted by Gasteiger charge is 2.15. The number of rotatable bonds is 7. The highest BCUT2D eigenvalue weighted by atomic mass is 32.2. The fourth-order valence-electron chi connectivity index (χ4n) is 3.15. The Kier molecular flexibility index (Phi) is 6.46. The highest BCUT2D eigenvalue weighted by Crippen LogP contribution is 2.18. The Morgan fingerprint density at radius 2 is 1.74 bits per heavy atom. The number of nitrogens with one attached hydrogen (secondary N) is 1. The average Bonchev–Trinajstić information content (AvgIpc) is 2.66. The van der Waals surface area contributed by atoms with Crippen molar-refractivity contribution in [2.45, 2.75) is 17.7 Å². The van der Waals surface area contributed by atoms with Crippen molar-refractivity contribution in [3.8, 4) is 0 Å². The lowest BCUT2D eigenvalue weighted by Gasteiger charge is -2.34. The van der Waals surface area contributed by atoms with E-state index in [-0.39, 0.29) is 4.90 Å². The maximum absolute atomic E-state index is 13.2. The second-order valence-corrected chi connectivity index (χ2v) is 8.68. The molecule has 1 saturated heterocycles. The quantitative estimate of drug-likeness (QED) is 0.737. The third-order valence-corrected chi connectivity index (χ3v) is 6.30. The van der Waals surface area contributed by atoms with Crippen LogP contribution in [0.1, 0.15) is 12.0 Å². The van der Waals surface area contributed by atoms with E-state index >= 15 is 0 Å². The van der Waals surface area contributed by atoms with E-state index in [0.29, 0.717) is 13.0 Å². The topological polar surface area (TPSA) is 52.6 Å². The molecule has 5 nitrogen and oxygen atoms in total. The molecule has 0 aromatic heterocycles. The number of aryl methyl sites for hydroxylation is 1. The van der Waals surface area contributed by atoms with Crippen molar-refractivity contribution in [1.29, 1.82) is 0 Å². The first kappa shape index (κ1) is 19.8. The fraction of sp³-hybridized carbons (Fsp3) is 0.400. The maximum atomic E-state index is 13.2. The summed E-state index contributed by atoms with van der Waals surface area (Å²) in [5.41, 5.74) is 2.41. The van der Waals surface area contributed by atoms with E-state index in [0.717, 1.165) is 38.7 Å². The molecular formula is C20H26FN3O2S. The zero-order valence-electron chi connectivity index (χ0n) is 15.6. The molecular weight excluding hydrogens is 365 g/mol. The van der Waals surface area contributed by atoms with E-state index in [1.54, 1.807) is 0 Å². The first-order chi connectivity index (χ1) is 12.9. The molecule has 146 valence electrons. The summed E-state index contributed by atoms with van der Waals surface area (Å²) in [5.74, 6) is -0.557. The Morgan fingerprint density at radius 1 is 1.04 bits per heavy atom. The molecule has 0 amide bonds. The molecule has 1 N–H and O–H groups in total. The molecule has 1 aliphatic heterocycles. The molecule has 0 bridgehead atoms. The highest BCUT2D eigenvalue weighted by molar-refractivity contribution is 7.89. The largest absolute Gasteiger partial charge is 0.369 e. The molecule has 2 aromatic carbocycles. The number of hydrogen-bond donors (Lipinski definition) is 1. The standard InChI is InChI=1S/C20H26FN3O2S/c1-23-12-14-24(15-13-23)19-9-7-17(8-10-19)4-3-11-22-27(25,26)20-6-2-5-18(21)16-20/h2,5-10,16,22H,3-4,11-15H2,1H3. The van der Waals surface area contributed by atoms with Gasteiger partial charge in [-0.1, -0.05) is 18.2 Å². The second kappa shape index (κ2) is 8.82. The molecule has 1 fully saturated rings. The lowest BCUT2D eigenvalue weighted by Crippen LogP contribution is -2.44. The van der Waals surface area contributed by atoms with Crippen LogP contribution in [-0.2, 0) is 16.4 Å². The van der Waals surface area contributed by atoms with Gasteiger partial charge in [-0.05, 0) is 55.8 Å². The summed E-state index contributed by atoms with van der Waals surface area (Å²) in [7, 11) is -1.52. The molecule has 1 heterocycles. The number of anilines is 1. The van der Waals surface area contributed by atoms with Crippen molar-refractivity contribution in [1.82, 2.24) is 9.62 Å². The van der Waals surface area contributed by atoms with Crippen LogP contribution in [0.5, 0.6) is 0 Å². The average molecular weight is 392 g/mol. The first-order valence-electron chi connectivity index (χ1n) is 9.22. The van der Waals surface area contributed by atoms with Crippen molar-refractivity contribution in [2.75, 3.05) is 44.7 Å². The van der Waals surface area contributed by atoms with Gasteiger partial charge in [-0.2, -0.15) is 0 Å². The van der Waals surface area contributed by atoms with Gasteiger partial charge < -0.3 is 9.80 Å². The summed E-state index contributed by atoms with van der Waals surface area (Å²) < 4.78 is 40.0. The monoisotopic (exact) mass is 391 g/mol. The van der Waals surface area contributed by atoms with Crippen LogP contribution >= 0.6 is 0 Å². The number of benzene rings is 2. The summed E-state index contributed by atoms with van der Waals surface area (Å²) in [6, 6.07) is 13.5. The van der Waals surface area contributed by atoms with Crippen LogP contribution in [0.4, 0.5) is 10.1 Å². The van der Waals surface area contributed by atoms with E-state index in [1.807, 2.05) is 0 Å². The zero-order valence-corrected chi connectivity index (χ0v) is 16.4. The van der Waals surface area contributed by atoms with Gasteiger partial charge in [0.05, 0.1) is 4.90 Å². The summed E-state index contributed by atoms with van der Waals surface area (Å²) in [5, 5.41) is 0. The predicted molar refractivity (Wildman–Crippen MR) is 106 cm³/mol. The molecule has 0 saturated carbocycles. The lowest BCUT2D eigenvalue weighted by atomic mass is 10.1. The van der Waals surface area contributed by atoms with Gasteiger partial charge in [-0.15, -0.1) is 0 Å². The Balaban J connectivity index is 1.46. The lowest BCUT2D eigenvalue weighted by molar-refractivity contribution is 0.313. The molecule has 0 spiro atoms. The Hall–Kier alpha value is -1.96. The van der Waals surface area contributed by atoms with E-state index < -0.39 is 15.8 Å². The van der Waals surface area contributed by atoms with Crippen LogP contribution in [0.3, 0.4) is 0 Å². The molecule has 27 heavy (non-hydrogen) atoms. The molecule has 0 aliphatic carbocycles. The zero-order chi connectivity index (χ0) is 19.3. The van der Waals surface area contributed by atoms with Crippen molar-refractivity contribution < 1.29 is 12.8 Å². The third-order valence-electron chi connectivity index (χ3n) is 4.85. The second-order valence-electron chi connectivity index (χ2n) is 6.92. The van der Waals surface area contributed by atoms with Gasteiger partial charge in [-0.25, -0.2) is 17.5 Å². The van der Waals surface area contributed by atoms with E-state index in [1.165, 1.54) is 29.4 Å². The first-order valence-corrected chi connectivity index (χ1v) is 10.7. The summed E-state index contributed by atoms with van der Waals surface area (Å²) >= 11 is 0. The third kappa shape index (κ3) is 5.51. The number of sulfonamides is 1. The van der Waals surface area contributed by atoms with Gasteiger partial charge in [0.15, 0.2) is 0 Å². The molecule has 0 radical (unpaired) electrons. The number of nitrogens with zero attached hydrogens (tertiary/aromatic N) is 2. The van der Waals surface area contributed by atoms with E-state index in [9.17, 15) is 12.8 Å². The van der Waals surface area contributed by atoms with Crippen LogP contribution < -0.4 is 9.62 Å². The molecule has 7 heteroatoms. The Labute approximate surface area is 160 Å². The van der Waals surface area contributed by atoms with Gasteiger partial charge in [0.25, 0.3) is 0 Å². The van der Waals surface area contributed by atoms with Gasteiger partial charge in [0.1, 0.15) is 5.82 Å². The van der Waals surface area contributed by atoms with Crippen LogP contribution in [0.15, 0.2) is 53.4 Å². The van der Waals surface area contributed by atoms with Crippen molar-refractivity contribution in [3.05, 3.63) is 59.9 Å². The van der Waals surface area contributed by atoms with E-state index in [4.69, 9.17) is 0 Å². The van der Waals surface area contributed by atoms with Crippen molar-refractivity contribution in [3.63, 3.8) is 0 Å². The Bertz CT molecular complexity index is 848. The Morgan fingerprint density at radius 3 is 2.41 bits per heavy atom.